The normalized spacial score (nSPS) is 33.2. The molecular formula is C29H24BrCl3N2O5. The number of aromatic hydroxyl groups is 1. The Kier molecular flexibility index (Phi) is 6.46. The van der Waals surface area contributed by atoms with Crippen LogP contribution in [0.3, 0.4) is 0 Å². The molecule has 2 aliphatic carbocycles. The van der Waals surface area contributed by atoms with E-state index >= 15 is 0 Å². The van der Waals surface area contributed by atoms with E-state index in [0.29, 0.717) is 33.0 Å². The molecule has 2 aromatic rings. The van der Waals surface area contributed by atoms with Crippen molar-refractivity contribution in [1.82, 2.24) is 4.90 Å². The van der Waals surface area contributed by atoms with Crippen LogP contribution in [0.15, 0.2) is 48.0 Å². The number of alkyl halides is 3. The van der Waals surface area contributed by atoms with Gasteiger partial charge in [-0.2, -0.15) is 0 Å². The number of nitrogens with zero attached hydrogens (tertiary/aromatic N) is 2. The van der Waals surface area contributed by atoms with Crippen molar-refractivity contribution in [3.05, 3.63) is 69.8 Å². The molecule has 6 unspecified atom stereocenters. The first-order chi connectivity index (χ1) is 18.9. The van der Waals surface area contributed by atoms with E-state index in [1.54, 1.807) is 50.2 Å². The number of likely N-dealkylation sites (tertiary alicyclic amines) is 1. The number of amides is 4. The first-order valence-corrected chi connectivity index (χ1v) is 15.1. The first kappa shape index (κ1) is 27.8. The lowest BCUT2D eigenvalue weighted by Crippen LogP contribution is -2.60. The molecule has 2 heterocycles. The van der Waals surface area contributed by atoms with Crippen molar-refractivity contribution in [3.63, 3.8) is 0 Å². The number of rotatable bonds is 3. The number of hydrogen-bond acceptors (Lipinski definition) is 5. The number of allylic oxidation sites excluding steroid dienone is 2. The molecule has 1 saturated carbocycles. The Morgan fingerprint density at radius 2 is 1.60 bits per heavy atom. The fourth-order valence-corrected chi connectivity index (χ4v) is 8.68. The first-order valence-electron chi connectivity index (χ1n) is 12.8. The maximum Gasteiger partial charge on any atom is 0.254 e. The van der Waals surface area contributed by atoms with E-state index in [0.717, 1.165) is 4.90 Å². The number of fused-ring (bicyclic) bond motifs is 4. The molecule has 40 heavy (non-hydrogen) atoms. The third-order valence-electron chi connectivity index (χ3n) is 8.95. The lowest BCUT2D eigenvalue weighted by atomic mass is 9.56. The Morgan fingerprint density at radius 1 is 0.975 bits per heavy atom. The largest absolute Gasteiger partial charge is 0.507 e. The van der Waals surface area contributed by atoms with E-state index in [9.17, 15) is 24.3 Å². The molecule has 0 spiro atoms. The van der Waals surface area contributed by atoms with E-state index in [1.165, 1.54) is 4.90 Å². The van der Waals surface area contributed by atoms with Gasteiger partial charge in [-0.25, -0.2) is 0 Å². The predicted molar refractivity (Wildman–Crippen MR) is 155 cm³/mol. The number of hydrogen-bond donors (Lipinski definition) is 1. The second kappa shape index (κ2) is 9.31. The van der Waals surface area contributed by atoms with Gasteiger partial charge in [0.2, 0.25) is 11.8 Å². The van der Waals surface area contributed by atoms with Gasteiger partial charge in [-0.3, -0.25) is 29.0 Å². The molecule has 0 radical (unpaired) electrons. The summed E-state index contributed by atoms with van der Waals surface area (Å²) in [6.45, 7) is 3.48. The number of phenols is 1. The van der Waals surface area contributed by atoms with Crippen molar-refractivity contribution < 1.29 is 24.3 Å². The van der Waals surface area contributed by atoms with Crippen LogP contribution < -0.4 is 4.90 Å². The Bertz CT molecular complexity index is 1520. The fraction of sp³-hybridized carbons (Fsp3) is 0.379. The third kappa shape index (κ3) is 3.49. The van der Waals surface area contributed by atoms with Crippen molar-refractivity contribution in [2.45, 2.75) is 42.4 Å². The van der Waals surface area contributed by atoms with Gasteiger partial charge in [0, 0.05) is 10.9 Å². The Labute approximate surface area is 254 Å². The molecule has 11 heteroatoms. The van der Waals surface area contributed by atoms with Gasteiger partial charge < -0.3 is 5.11 Å². The molecule has 208 valence electrons. The van der Waals surface area contributed by atoms with Crippen molar-refractivity contribution in [3.8, 4) is 5.75 Å². The minimum atomic E-state index is -1.88. The molecule has 3 fully saturated rings. The van der Waals surface area contributed by atoms with E-state index in [4.69, 9.17) is 34.8 Å². The summed E-state index contributed by atoms with van der Waals surface area (Å²) in [6.07, 6.45) is 2.07. The van der Waals surface area contributed by atoms with E-state index in [-0.39, 0.29) is 35.9 Å². The molecular weight excluding hydrogens is 643 g/mol. The van der Waals surface area contributed by atoms with Crippen molar-refractivity contribution in [1.29, 1.82) is 0 Å². The molecule has 6 rings (SSSR count). The highest BCUT2D eigenvalue weighted by atomic mass is 79.9. The van der Waals surface area contributed by atoms with Gasteiger partial charge in [-0.15, -0.1) is 23.2 Å². The zero-order valence-corrected chi connectivity index (χ0v) is 25.3. The summed E-state index contributed by atoms with van der Waals surface area (Å²) < 4.78 is 0. The molecule has 2 saturated heterocycles. The Morgan fingerprint density at radius 3 is 2.20 bits per heavy atom. The van der Waals surface area contributed by atoms with Gasteiger partial charge in [-0.05, 0) is 73.6 Å². The lowest BCUT2D eigenvalue weighted by Gasteiger charge is -2.51. The number of anilines is 1. The summed E-state index contributed by atoms with van der Waals surface area (Å²) >= 11 is 23.8. The van der Waals surface area contributed by atoms with Gasteiger partial charge in [0.25, 0.3) is 11.8 Å². The van der Waals surface area contributed by atoms with E-state index in [1.807, 2.05) is 6.08 Å². The summed E-state index contributed by atoms with van der Waals surface area (Å²) in [5, 5.41) is 10.9. The van der Waals surface area contributed by atoms with E-state index < -0.39 is 45.2 Å². The maximum absolute atomic E-state index is 14.0. The minimum absolute atomic E-state index is 0.0842. The Hall–Kier alpha value is -2.39. The standard InChI is InChI=1S/C29H24BrCl3N2O5/c1-13-9-15(10-14(2)23(13)36)22-18-7-8-19-21(25(38)35(24(19)37)17-5-3-16(31)4-6-17)20(18)11-28(32)26(39)34(12-30)27(40)29(22,28)33/h3-7,9-10,19-22,36H,8,11-12H2,1-2H3. The molecule has 0 bridgehead atoms. The smallest absolute Gasteiger partial charge is 0.254 e. The number of carbonyl (C=O) groups excluding carboxylic acids is 4. The van der Waals surface area contributed by atoms with Crippen LogP contribution in [-0.2, 0) is 19.2 Å². The second-order valence-electron chi connectivity index (χ2n) is 11.0. The van der Waals surface area contributed by atoms with Crippen LogP contribution in [0.25, 0.3) is 0 Å². The third-order valence-corrected chi connectivity index (χ3v) is 11.1. The highest BCUT2D eigenvalue weighted by Crippen LogP contribution is 2.65. The van der Waals surface area contributed by atoms with Crippen molar-refractivity contribution in [2.24, 2.45) is 17.8 Å². The average Bonchev–Trinajstić information content (AvgIpc) is 3.25. The molecule has 2 aromatic carbocycles. The van der Waals surface area contributed by atoms with Gasteiger partial charge >= 0.3 is 0 Å². The maximum atomic E-state index is 14.0. The predicted octanol–water partition coefficient (Wildman–Crippen LogP) is 5.58. The van der Waals surface area contributed by atoms with Crippen LogP contribution >= 0.6 is 50.7 Å². The van der Waals surface area contributed by atoms with Crippen LogP contribution in [0.2, 0.25) is 5.02 Å². The van der Waals surface area contributed by atoms with Crippen molar-refractivity contribution in [2.75, 3.05) is 10.4 Å². The zero-order chi connectivity index (χ0) is 28.9. The van der Waals surface area contributed by atoms with Crippen LogP contribution in [0.1, 0.15) is 35.4 Å². The lowest BCUT2D eigenvalue weighted by molar-refractivity contribution is -0.138. The molecule has 4 amide bonds. The number of benzene rings is 2. The molecule has 0 aromatic heterocycles. The fourth-order valence-electron chi connectivity index (χ4n) is 7.13. The van der Waals surface area contributed by atoms with Gasteiger partial charge in [0.15, 0.2) is 9.75 Å². The summed E-state index contributed by atoms with van der Waals surface area (Å²) in [5.41, 5.74) is 2.77. The van der Waals surface area contributed by atoms with E-state index in [2.05, 4.69) is 15.9 Å². The zero-order valence-electron chi connectivity index (χ0n) is 21.5. The molecule has 1 N–H and O–H groups in total. The number of aryl methyl sites for hydroxylation is 2. The van der Waals surface area contributed by atoms with Crippen LogP contribution in [-0.4, -0.2) is 48.8 Å². The highest BCUT2D eigenvalue weighted by Gasteiger charge is 2.76. The van der Waals surface area contributed by atoms with Crippen LogP contribution in [0, 0.1) is 31.6 Å². The second-order valence-corrected chi connectivity index (χ2v) is 13.2. The number of imide groups is 2. The van der Waals surface area contributed by atoms with Gasteiger partial charge in [0.05, 0.1) is 23.0 Å². The topological polar surface area (TPSA) is 95.0 Å². The summed E-state index contributed by atoms with van der Waals surface area (Å²) in [5.74, 6) is -4.82. The number of halogens is 4. The van der Waals surface area contributed by atoms with Gasteiger partial charge in [0.1, 0.15) is 5.75 Å². The minimum Gasteiger partial charge on any atom is -0.507 e. The molecule has 6 atom stereocenters. The van der Waals surface area contributed by atoms with Gasteiger partial charge in [-0.1, -0.05) is 51.3 Å². The summed E-state index contributed by atoms with van der Waals surface area (Å²) in [7, 11) is 0. The van der Waals surface area contributed by atoms with Crippen LogP contribution in [0.5, 0.6) is 5.75 Å². The molecule has 4 aliphatic rings. The van der Waals surface area contributed by atoms with Crippen LogP contribution in [0.4, 0.5) is 5.69 Å². The number of phenolic OH excluding ortho intramolecular Hbond substituents is 1. The monoisotopic (exact) mass is 664 g/mol. The molecule has 7 nitrogen and oxygen atoms in total. The Balaban J connectivity index is 1.53. The van der Waals surface area contributed by atoms with Crippen molar-refractivity contribution >= 4 is 80.0 Å². The highest BCUT2D eigenvalue weighted by molar-refractivity contribution is 9.09. The quantitative estimate of drug-likeness (QED) is 0.200. The summed E-state index contributed by atoms with van der Waals surface area (Å²) in [6, 6.07) is 9.94. The average molecular weight is 667 g/mol. The molecule has 2 aliphatic heterocycles. The SMILES string of the molecule is Cc1cc(C2C3=CCC4C(=O)N(c5ccc(Cl)cc5)C(=O)C4C3CC3(Cl)C(=O)N(CBr)C(=O)C23Cl)cc(C)c1O. The number of carbonyl (C=O) groups is 4. The summed E-state index contributed by atoms with van der Waals surface area (Å²) in [4.78, 5) is 53.6.